The number of benzene rings is 1. The number of methoxy groups -OCH3 is 2. The number of aryl methyl sites for hydroxylation is 1. The Balaban J connectivity index is 2.41. The summed E-state index contributed by atoms with van der Waals surface area (Å²) in [6.45, 7) is 1.75. The lowest BCUT2D eigenvalue weighted by Crippen LogP contribution is -2.16. The van der Waals surface area contributed by atoms with Crippen molar-refractivity contribution in [2.75, 3.05) is 19.5 Å². The molecule has 0 radical (unpaired) electrons. The quantitative estimate of drug-likeness (QED) is 0.842. The van der Waals surface area contributed by atoms with Gasteiger partial charge >= 0.3 is 11.9 Å². The Kier molecular flexibility index (Phi) is 4.80. The maximum absolute atomic E-state index is 12.3. The van der Waals surface area contributed by atoms with E-state index in [1.165, 1.54) is 32.4 Å². The number of anilines is 1. The molecule has 2 rings (SSSR count). The predicted molar refractivity (Wildman–Crippen MR) is 82.6 cm³/mol. The lowest BCUT2D eigenvalue weighted by molar-refractivity contribution is 0.0587. The molecule has 1 heterocycles. The largest absolute Gasteiger partial charge is 0.465 e. The van der Waals surface area contributed by atoms with E-state index in [0.29, 0.717) is 11.3 Å². The SMILES string of the molecule is COC(=O)c1ccc(C(=O)OC)c(NC(=O)c2cc[nH]c2C)c1. The van der Waals surface area contributed by atoms with Gasteiger partial charge in [-0.05, 0) is 31.2 Å². The summed E-state index contributed by atoms with van der Waals surface area (Å²) in [6, 6.07) is 5.82. The summed E-state index contributed by atoms with van der Waals surface area (Å²) in [6.07, 6.45) is 1.64. The molecule has 23 heavy (non-hydrogen) atoms. The molecule has 7 nitrogen and oxygen atoms in total. The van der Waals surface area contributed by atoms with E-state index in [2.05, 4.69) is 19.8 Å². The van der Waals surface area contributed by atoms with Crippen molar-refractivity contribution in [3.8, 4) is 0 Å². The zero-order chi connectivity index (χ0) is 17.0. The van der Waals surface area contributed by atoms with Crippen molar-refractivity contribution in [2.45, 2.75) is 6.92 Å². The van der Waals surface area contributed by atoms with Crippen molar-refractivity contribution in [1.82, 2.24) is 4.98 Å². The van der Waals surface area contributed by atoms with Gasteiger partial charge in [0.15, 0.2) is 0 Å². The summed E-state index contributed by atoms with van der Waals surface area (Å²) in [5.74, 6) is -1.60. The third kappa shape index (κ3) is 3.39. The van der Waals surface area contributed by atoms with Crippen LogP contribution < -0.4 is 5.32 Å². The van der Waals surface area contributed by atoms with Crippen LogP contribution in [0.5, 0.6) is 0 Å². The molecule has 1 amide bonds. The van der Waals surface area contributed by atoms with Gasteiger partial charge in [0.25, 0.3) is 5.91 Å². The molecule has 7 heteroatoms. The fourth-order valence-electron chi connectivity index (χ4n) is 2.07. The molecule has 0 aliphatic rings. The first-order valence-corrected chi connectivity index (χ1v) is 6.74. The van der Waals surface area contributed by atoms with Crippen molar-refractivity contribution >= 4 is 23.5 Å². The average Bonchev–Trinajstić information content (AvgIpc) is 2.99. The number of carbonyl (C=O) groups is 3. The van der Waals surface area contributed by atoms with E-state index in [1.807, 2.05) is 0 Å². The van der Waals surface area contributed by atoms with Gasteiger partial charge in [0.1, 0.15) is 0 Å². The molecule has 0 fully saturated rings. The smallest absolute Gasteiger partial charge is 0.339 e. The number of hydrogen-bond donors (Lipinski definition) is 2. The fourth-order valence-corrected chi connectivity index (χ4v) is 2.07. The minimum Gasteiger partial charge on any atom is -0.465 e. The number of aromatic nitrogens is 1. The van der Waals surface area contributed by atoms with Crippen molar-refractivity contribution in [1.29, 1.82) is 0 Å². The normalized spacial score (nSPS) is 10.0. The van der Waals surface area contributed by atoms with Gasteiger partial charge in [0.2, 0.25) is 0 Å². The second-order valence-electron chi connectivity index (χ2n) is 4.71. The van der Waals surface area contributed by atoms with Gasteiger partial charge in [-0.3, -0.25) is 4.79 Å². The molecule has 0 aliphatic heterocycles. The van der Waals surface area contributed by atoms with Crippen LogP contribution in [0.15, 0.2) is 30.5 Å². The van der Waals surface area contributed by atoms with Crippen molar-refractivity contribution in [3.05, 3.63) is 52.8 Å². The molecule has 2 N–H and O–H groups in total. The molecule has 1 aromatic heterocycles. The molecule has 0 saturated heterocycles. The fraction of sp³-hybridized carbons (Fsp3) is 0.188. The first-order chi connectivity index (χ1) is 11.0. The first-order valence-electron chi connectivity index (χ1n) is 6.74. The number of aromatic amines is 1. The molecular weight excluding hydrogens is 300 g/mol. The summed E-state index contributed by atoms with van der Waals surface area (Å²) >= 11 is 0. The third-order valence-electron chi connectivity index (χ3n) is 3.29. The molecule has 0 atom stereocenters. The zero-order valence-electron chi connectivity index (χ0n) is 12.9. The van der Waals surface area contributed by atoms with Crippen LogP contribution in [-0.2, 0) is 9.47 Å². The summed E-state index contributed by atoms with van der Waals surface area (Å²) in [4.78, 5) is 38.7. The Morgan fingerprint density at radius 1 is 1.00 bits per heavy atom. The van der Waals surface area contributed by atoms with E-state index in [-0.39, 0.29) is 16.8 Å². The van der Waals surface area contributed by atoms with Gasteiger partial charge in [0, 0.05) is 11.9 Å². The lowest BCUT2D eigenvalue weighted by atomic mass is 10.1. The van der Waals surface area contributed by atoms with Gasteiger partial charge in [-0.1, -0.05) is 0 Å². The van der Waals surface area contributed by atoms with Crippen molar-refractivity contribution in [3.63, 3.8) is 0 Å². The minimum atomic E-state index is -0.623. The monoisotopic (exact) mass is 316 g/mol. The highest BCUT2D eigenvalue weighted by Crippen LogP contribution is 2.21. The molecule has 1 aromatic carbocycles. The second-order valence-corrected chi connectivity index (χ2v) is 4.71. The van der Waals surface area contributed by atoms with E-state index < -0.39 is 17.8 Å². The molecule has 2 aromatic rings. The maximum atomic E-state index is 12.3. The Bertz CT molecular complexity index is 764. The third-order valence-corrected chi connectivity index (χ3v) is 3.29. The van der Waals surface area contributed by atoms with Crippen LogP contribution in [0.25, 0.3) is 0 Å². The molecule has 0 spiro atoms. The molecule has 0 bridgehead atoms. The second kappa shape index (κ2) is 6.78. The average molecular weight is 316 g/mol. The van der Waals surface area contributed by atoms with E-state index in [1.54, 1.807) is 19.2 Å². The minimum absolute atomic E-state index is 0.140. The topological polar surface area (TPSA) is 97.5 Å². The first kappa shape index (κ1) is 16.3. The summed E-state index contributed by atoms with van der Waals surface area (Å²) in [5, 5.41) is 2.62. The lowest BCUT2D eigenvalue weighted by Gasteiger charge is -2.11. The molecule has 0 saturated carbocycles. The van der Waals surface area contributed by atoms with Gasteiger partial charge in [-0.2, -0.15) is 0 Å². The highest BCUT2D eigenvalue weighted by Gasteiger charge is 2.18. The summed E-state index contributed by atoms with van der Waals surface area (Å²) in [5.41, 5.74) is 1.64. The van der Waals surface area contributed by atoms with Gasteiger partial charge in [0.05, 0.1) is 36.6 Å². The molecule has 0 unspecified atom stereocenters. The maximum Gasteiger partial charge on any atom is 0.339 e. The van der Waals surface area contributed by atoms with Crippen LogP contribution in [0.2, 0.25) is 0 Å². The van der Waals surface area contributed by atoms with Crippen LogP contribution in [0.1, 0.15) is 36.8 Å². The van der Waals surface area contributed by atoms with Crippen molar-refractivity contribution < 1.29 is 23.9 Å². The molecule has 0 aliphatic carbocycles. The summed E-state index contributed by atoms with van der Waals surface area (Å²) < 4.78 is 9.33. The van der Waals surface area contributed by atoms with Crippen LogP contribution in [0.4, 0.5) is 5.69 Å². The highest BCUT2D eigenvalue weighted by molar-refractivity contribution is 6.09. The van der Waals surface area contributed by atoms with Crippen LogP contribution in [-0.4, -0.2) is 37.0 Å². The number of ether oxygens (including phenoxy) is 2. The van der Waals surface area contributed by atoms with E-state index in [9.17, 15) is 14.4 Å². The Hall–Kier alpha value is -3.09. The Labute approximate surface area is 132 Å². The number of H-pyrrole nitrogens is 1. The van der Waals surface area contributed by atoms with Gasteiger partial charge < -0.3 is 19.8 Å². The van der Waals surface area contributed by atoms with Crippen LogP contribution in [0, 0.1) is 6.92 Å². The Morgan fingerprint density at radius 3 is 2.26 bits per heavy atom. The highest BCUT2D eigenvalue weighted by atomic mass is 16.5. The molecule has 120 valence electrons. The number of hydrogen-bond acceptors (Lipinski definition) is 5. The predicted octanol–water partition coefficient (Wildman–Crippen LogP) is 2.15. The van der Waals surface area contributed by atoms with Gasteiger partial charge in [-0.25, -0.2) is 9.59 Å². The van der Waals surface area contributed by atoms with E-state index >= 15 is 0 Å². The number of amides is 1. The summed E-state index contributed by atoms with van der Waals surface area (Å²) in [7, 11) is 2.48. The Morgan fingerprint density at radius 2 is 1.70 bits per heavy atom. The molecular formula is C16H16N2O5. The zero-order valence-corrected chi connectivity index (χ0v) is 12.9. The van der Waals surface area contributed by atoms with E-state index in [0.717, 1.165) is 0 Å². The van der Waals surface area contributed by atoms with Gasteiger partial charge in [-0.15, -0.1) is 0 Å². The van der Waals surface area contributed by atoms with Crippen LogP contribution in [0.3, 0.4) is 0 Å². The van der Waals surface area contributed by atoms with Crippen molar-refractivity contribution in [2.24, 2.45) is 0 Å². The number of carbonyl (C=O) groups excluding carboxylic acids is 3. The number of nitrogens with one attached hydrogen (secondary N) is 2. The number of esters is 2. The number of rotatable bonds is 4. The standard InChI is InChI=1S/C16H16N2O5/c1-9-11(6-7-17-9)14(19)18-13-8-10(15(20)22-2)4-5-12(13)16(21)23-3/h4-8,17H,1-3H3,(H,18,19). The van der Waals surface area contributed by atoms with Crippen LogP contribution >= 0.6 is 0 Å². The van der Waals surface area contributed by atoms with E-state index in [4.69, 9.17) is 0 Å².